The van der Waals surface area contributed by atoms with E-state index in [1.807, 2.05) is 4.90 Å². The van der Waals surface area contributed by atoms with Crippen LogP contribution in [0, 0.1) is 5.92 Å². The zero-order valence-corrected chi connectivity index (χ0v) is 11.5. The third-order valence-corrected chi connectivity index (χ3v) is 4.67. The van der Waals surface area contributed by atoms with Crippen LogP contribution in [0.25, 0.3) is 0 Å². The zero-order valence-electron chi connectivity index (χ0n) is 11.5. The molecular weight excluding hydrogens is 256 g/mol. The summed E-state index contributed by atoms with van der Waals surface area (Å²) in [6.07, 6.45) is 7.52. The minimum Gasteiger partial charge on any atom is -0.477 e. The van der Waals surface area contributed by atoms with Gasteiger partial charge in [-0.25, -0.2) is 4.79 Å². The summed E-state index contributed by atoms with van der Waals surface area (Å²) in [6, 6.07) is 3.59. The number of carbonyl (C=O) groups is 2. The average Bonchev–Trinajstić information content (AvgIpc) is 3.05. The molecule has 5 nitrogen and oxygen atoms in total. The van der Waals surface area contributed by atoms with Gasteiger partial charge in [0.15, 0.2) is 0 Å². The lowest BCUT2D eigenvalue weighted by molar-refractivity contribution is -0.136. The second-order valence-corrected chi connectivity index (χ2v) is 5.81. The van der Waals surface area contributed by atoms with E-state index in [1.165, 1.54) is 29.9 Å². The smallest absolute Gasteiger partial charge is 0.352 e. The Balaban J connectivity index is 1.72. The van der Waals surface area contributed by atoms with Crippen LogP contribution in [0.2, 0.25) is 0 Å². The third kappa shape index (κ3) is 2.32. The fourth-order valence-corrected chi connectivity index (χ4v) is 3.75. The van der Waals surface area contributed by atoms with Crippen molar-refractivity contribution in [1.29, 1.82) is 0 Å². The van der Waals surface area contributed by atoms with Crippen molar-refractivity contribution < 1.29 is 14.7 Å². The SMILES string of the molecule is O=C(O)c1cccn1CC(=O)N1CCCC2CCCC21. The quantitative estimate of drug-likeness (QED) is 0.918. The van der Waals surface area contributed by atoms with Gasteiger partial charge in [-0.05, 0) is 43.7 Å². The molecule has 2 aliphatic rings. The minimum absolute atomic E-state index is 0.0558. The number of carboxylic acids is 1. The molecule has 108 valence electrons. The molecule has 20 heavy (non-hydrogen) atoms. The van der Waals surface area contributed by atoms with Gasteiger partial charge in [-0.2, -0.15) is 0 Å². The van der Waals surface area contributed by atoms with Gasteiger partial charge >= 0.3 is 5.97 Å². The highest BCUT2D eigenvalue weighted by molar-refractivity contribution is 5.87. The molecule has 1 aliphatic heterocycles. The Kier molecular flexibility index (Phi) is 3.51. The second kappa shape index (κ2) is 5.31. The number of aromatic nitrogens is 1. The Morgan fingerprint density at radius 1 is 1.25 bits per heavy atom. The predicted molar refractivity (Wildman–Crippen MR) is 73.5 cm³/mol. The summed E-state index contributed by atoms with van der Waals surface area (Å²) >= 11 is 0. The molecule has 1 amide bonds. The highest BCUT2D eigenvalue weighted by Gasteiger charge is 2.37. The largest absolute Gasteiger partial charge is 0.477 e. The van der Waals surface area contributed by atoms with Gasteiger partial charge in [0.25, 0.3) is 0 Å². The molecule has 2 unspecified atom stereocenters. The Hall–Kier alpha value is -1.78. The van der Waals surface area contributed by atoms with E-state index in [-0.39, 0.29) is 18.1 Å². The van der Waals surface area contributed by atoms with E-state index in [9.17, 15) is 9.59 Å². The number of aromatic carboxylic acids is 1. The van der Waals surface area contributed by atoms with Crippen LogP contribution >= 0.6 is 0 Å². The van der Waals surface area contributed by atoms with E-state index in [2.05, 4.69) is 0 Å². The van der Waals surface area contributed by atoms with Crippen molar-refractivity contribution >= 4 is 11.9 Å². The predicted octanol–water partition coefficient (Wildman–Crippen LogP) is 1.98. The lowest BCUT2D eigenvalue weighted by Gasteiger charge is -2.38. The molecule has 0 radical (unpaired) electrons. The van der Waals surface area contributed by atoms with Crippen molar-refractivity contribution in [1.82, 2.24) is 9.47 Å². The van der Waals surface area contributed by atoms with Crippen molar-refractivity contribution in [3.63, 3.8) is 0 Å². The van der Waals surface area contributed by atoms with E-state index < -0.39 is 5.97 Å². The minimum atomic E-state index is -0.986. The van der Waals surface area contributed by atoms with E-state index in [1.54, 1.807) is 12.3 Å². The summed E-state index contributed by atoms with van der Waals surface area (Å²) in [4.78, 5) is 25.6. The number of rotatable bonds is 3. The van der Waals surface area contributed by atoms with Crippen LogP contribution in [0.5, 0.6) is 0 Å². The van der Waals surface area contributed by atoms with Gasteiger partial charge in [-0.1, -0.05) is 6.42 Å². The molecule has 2 atom stereocenters. The lowest BCUT2D eigenvalue weighted by atomic mass is 9.92. The number of likely N-dealkylation sites (tertiary alicyclic amines) is 1. The van der Waals surface area contributed by atoms with Crippen LogP contribution in [0.4, 0.5) is 0 Å². The molecule has 1 N–H and O–H groups in total. The van der Waals surface area contributed by atoms with Crippen LogP contribution in [-0.4, -0.2) is 39.0 Å². The van der Waals surface area contributed by atoms with E-state index in [0.717, 1.165) is 19.4 Å². The molecule has 1 aromatic heterocycles. The number of hydrogen-bond acceptors (Lipinski definition) is 2. The summed E-state index contributed by atoms with van der Waals surface area (Å²) < 4.78 is 1.53. The Labute approximate surface area is 118 Å². The normalized spacial score (nSPS) is 25.5. The summed E-state index contributed by atoms with van der Waals surface area (Å²) in [5, 5.41) is 9.08. The van der Waals surface area contributed by atoms with Crippen LogP contribution in [0.3, 0.4) is 0 Å². The van der Waals surface area contributed by atoms with E-state index >= 15 is 0 Å². The fourth-order valence-electron chi connectivity index (χ4n) is 3.75. The zero-order chi connectivity index (χ0) is 14.1. The number of amides is 1. The number of piperidine rings is 1. The third-order valence-electron chi connectivity index (χ3n) is 4.67. The van der Waals surface area contributed by atoms with Crippen LogP contribution in [0.1, 0.15) is 42.6 Å². The fraction of sp³-hybridized carbons (Fsp3) is 0.600. The molecule has 1 aliphatic carbocycles. The maximum absolute atomic E-state index is 12.5. The average molecular weight is 276 g/mol. The summed E-state index contributed by atoms with van der Waals surface area (Å²) in [6.45, 7) is 0.960. The molecule has 1 aromatic rings. The van der Waals surface area contributed by atoms with Gasteiger partial charge in [0.05, 0.1) is 0 Å². The molecular formula is C15H20N2O3. The molecule has 2 heterocycles. The number of nitrogens with zero attached hydrogens (tertiary/aromatic N) is 2. The first-order valence-corrected chi connectivity index (χ1v) is 7.34. The summed E-state index contributed by atoms with van der Waals surface area (Å²) in [5.41, 5.74) is 0.179. The van der Waals surface area contributed by atoms with Gasteiger partial charge in [0, 0.05) is 18.8 Å². The molecule has 1 saturated carbocycles. The monoisotopic (exact) mass is 276 g/mol. The molecule has 0 bridgehead atoms. The van der Waals surface area contributed by atoms with Crippen LogP contribution < -0.4 is 0 Å². The molecule has 5 heteroatoms. The van der Waals surface area contributed by atoms with Gasteiger partial charge in [-0.3, -0.25) is 4.79 Å². The Morgan fingerprint density at radius 2 is 2.05 bits per heavy atom. The molecule has 0 aromatic carbocycles. The highest BCUT2D eigenvalue weighted by atomic mass is 16.4. The van der Waals surface area contributed by atoms with Crippen molar-refractivity contribution in [2.75, 3.05) is 6.54 Å². The first-order valence-electron chi connectivity index (χ1n) is 7.34. The number of fused-ring (bicyclic) bond motifs is 1. The summed E-state index contributed by atoms with van der Waals surface area (Å²) in [5.74, 6) is -0.267. The standard InChI is InChI=1S/C15H20N2O3/c18-14(10-16-8-3-7-13(16)15(19)20)17-9-2-5-11-4-1-6-12(11)17/h3,7-8,11-12H,1-2,4-6,9-10H2,(H,19,20). The van der Waals surface area contributed by atoms with Gasteiger partial charge in [-0.15, -0.1) is 0 Å². The maximum Gasteiger partial charge on any atom is 0.352 e. The Morgan fingerprint density at radius 3 is 2.85 bits per heavy atom. The van der Waals surface area contributed by atoms with Gasteiger partial charge in [0.2, 0.25) is 5.91 Å². The van der Waals surface area contributed by atoms with Crippen molar-refractivity contribution in [2.45, 2.75) is 44.7 Å². The van der Waals surface area contributed by atoms with Crippen molar-refractivity contribution in [2.24, 2.45) is 5.92 Å². The van der Waals surface area contributed by atoms with Gasteiger partial charge in [0.1, 0.15) is 12.2 Å². The first kappa shape index (κ1) is 13.2. The van der Waals surface area contributed by atoms with Crippen LogP contribution in [0.15, 0.2) is 18.3 Å². The molecule has 1 saturated heterocycles. The number of carboxylic acid groups (broad SMARTS) is 1. The molecule has 3 rings (SSSR count). The maximum atomic E-state index is 12.5. The molecule has 2 fully saturated rings. The molecule has 0 spiro atoms. The second-order valence-electron chi connectivity index (χ2n) is 5.81. The first-order chi connectivity index (χ1) is 9.66. The van der Waals surface area contributed by atoms with E-state index in [4.69, 9.17) is 5.11 Å². The van der Waals surface area contributed by atoms with E-state index in [0.29, 0.717) is 12.0 Å². The number of carbonyl (C=O) groups excluding carboxylic acids is 1. The topological polar surface area (TPSA) is 62.5 Å². The lowest BCUT2D eigenvalue weighted by Crippen LogP contribution is -2.47. The Bertz CT molecular complexity index is 523. The van der Waals surface area contributed by atoms with Crippen LogP contribution in [-0.2, 0) is 11.3 Å². The summed E-state index contributed by atoms with van der Waals surface area (Å²) in [7, 11) is 0. The highest BCUT2D eigenvalue weighted by Crippen LogP contribution is 2.36. The van der Waals surface area contributed by atoms with Gasteiger partial charge < -0.3 is 14.6 Å². The van der Waals surface area contributed by atoms with Crippen molar-refractivity contribution in [3.8, 4) is 0 Å². The number of hydrogen-bond donors (Lipinski definition) is 1. The van der Waals surface area contributed by atoms with Crippen molar-refractivity contribution in [3.05, 3.63) is 24.0 Å².